The summed E-state index contributed by atoms with van der Waals surface area (Å²) >= 11 is 0. The minimum absolute atomic E-state index is 0.226. The van der Waals surface area contributed by atoms with Gasteiger partial charge < -0.3 is 24.4 Å². The van der Waals surface area contributed by atoms with Gasteiger partial charge in [0.2, 0.25) is 5.88 Å². The van der Waals surface area contributed by atoms with Gasteiger partial charge in [0.25, 0.3) is 0 Å². The van der Waals surface area contributed by atoms with Crippen LogP contribution in [-0.4, -0.2) is 43.7 Å². The Hall–Kier alpha value is -2.99. The SMILES string of the molecule is O=C(OCCC1=C(N2CCNCC2)Oc2ccccc2O1)c1ccccc1. The first-order valence-electron chi connectivity index (χ1n) is 9.17. The molecule has 0 aromatic heterocycles. The van der Waals surface area contributed by atoms with E-state index in [-0.39, 0.29) is 12.6 Å². The minimum Gasteiger partial charge on any atom is -0.462 e. The van der Waals surface area contributed by atoms with Crippen molar-refractivity contribution >= 4 is 5.97 Å². The van der Waals surface area contributed by atoms with Crippen molar-refractivity contribution in [3.05, 3.63) is 71.8 Å². The molecule has 0 bridgehead atoms. The molecule has 2 aliphatic rings. The highest BCUT2D eigenvalue weighted by Crippen LogP contribution is 2.36. The van der Waals surface area contributed by atoms with E-state index in [0.717, 1.165) is 26.2 Å². The number of fused-ring (bicyclic) bond motifs is 1. The lowest BCUT2D eigenvalue weighted by Gasteiger charge is -2.34. The van der Waals surface area contributed by atoms with Gasteiger partial charge in [-0.1, -0.05) is 30.3 Å². The standard InChI is InChI=1S/C21H22N2O4/c24-21(16-6-2-1-3-7-16)25-15-10-19-20(23-13-11-22-12-14-23)27-18-9-5-4-8-17(18)26-19/h1-9,22H,10-15H2. The molecular formula is C21H22N2O4. The average Bonchev–Trinajstić information content (AvgIpc) is 2.74. The molecule has 1 N–H and O–H groups in total. The normalized spacial score (nSPS) is 16.2. The predicted octanol–water partition coefficient (Wildman–Crippen LogP) is 2.78. The molecule has 1 fully saturated rings. The lowest BCUT2D eigenvalue weighted by atomic mass is 10.2. The van der Waals surface area contributed by atoms with Crippen molar-refractivity contribution in [3.8, 4) is 11.5 Å². The Morgan fingerprint density at radius 1 is 0.963 bits per heavy atom. The largest absolute Gasteiger partial charge is 0.462 e. The summed E-state index contributed by atoms with van der Waals surface area (Å²) in [6, 6.07) is 16.6. The first-order valence-corrected chi connectivity index (χ1v) is 9.17. The minimum atomic E-state index is -0.336. The van der Waals surface area contributed by atoms with Crippen molar-refractivity contribution in [1.29, 1.82) is 0 Å². The summed E-state index contributed by atoms with van der Waals surface area (Å²) in [6.07, 6.45) is 0.451. The maximum atomic E-state index is 12.1. The summed E-state index contributed by atoms with van der Waals surface area (Å²) < 4.78 is 17.6. The molecule has 2 aromatic carbocycles. The second-order valence-corrected chi connectivity index (χ2v) is 6.37. The summed E-state index contributed by atoms with van der Waals surface area (Å²) in [5, 5.41) is 3.33. The molecule has 2 aliphatic heterocycles. The van der Waals surface area contributed by atoms with E-state index in [9.17, 15) is 4.79 Å². The maximum absolute atomic E-state index is 12.1. The number of piperazine rings is 1. The molecule has 140 valence electrons. The first kappa shape index (κ1) is 17.4. The lowest BCUT2D eigenvalue weighted by molar-refractivity contribution is 0.0491. The van der Waals surface area contributed by atoms with E-state index in [0.29, 0.717) is 35.1 Å². The van der Waals surface area contributed by atoms with Crippen molar-refractivity contribution in [2.75, 3.05) is 32.8 Å². The van der Waals surface area contributed by atoms with Crippen LogP contribution in [0.3, 0.4) is 0 Å². The fraction of sp³-hybridized carbons (Fsp3) is 0.286. The third kappa shape index (κ3) is 4.06. The van der Waals surface area contributed by atoms with Crippen molar-refractivity contribution in [3.63, 3.8) is 0 Å². The number of benzene rings is 2. The number of esters is 1. The predicted molar refractivity (Wildman–Crippen MR) is 101 cm³/mol. The van der Waals surface area contributed by atoms with Crippen LogP contribution in [0.2, 0.25) is 0 Å². The quantitative estimate of drug-likeness (QED) is 0.821. The highest BCUT2D eigenvalue weighted by atomic mass is 16.6. The summed E-state index contributed by atoms with van der Waals surface area (Å²) in [4.78, 5) is 14.3. The molecule has 2 heterocycles. The van der Waals surface area contributed by atoms with Gasteiger partial charge in [0, 0.05) is 32.6 Å². The number of hydrogen-bond acceptors (Lipinski definition) is 6. The van der Waals surface area contributed by atoms with E-state index >= 15 is 0 Å². The summed E-state index contributed by atoms with van der Waals surface area (Å²) in [7, 11) is 0. The van der Waals surface area contributed by atoms with Gasteiger partial charge in [-0.05, 0) is 24.3 Å². The third-order valence-corrected chi connectivity index (χ3v) is 4.50. The average molecular weight is 366 g/mol. The molecular weight excluding hydrogens is 344 g/mol. The Morgan fingerprint density at radius 2 is 1.63 bits per heavy atom. The van der Waals surface area contributed by atoms with Crippen LogP contribution in [0.5, 0.6) is 11.5 Å². The van der Waals surface area contributed by atoms with E-state index in [1.165, 1.54) is 0 Å². The zero-order valence-electron chi connectivity index (χ0n) is 15.0. The van der Waals surface area contributed by atoms with E-state index in [1.807, 2.05) is 42.5 Å². The number of carbonyl (C=O) groups is 1. The Morgan fingerprint density at radius 3 is 2.37 bits per heavy atom. The van der Waals surface area contributed by atoms with Crippen LogP contribution in [0.1, 0.15) is 16.8 Å². The summed E-state index contributed by atoms with van der Waals surface area (Å²) in [6.45, 7) is 3.70. The fourth-order valence-electron chi connectivity index (χ4n) is 3.12. The van der Waals surface area contributed by atoms with E-state index < -0.39 is 0 Å². The number of hydrogen-bond donors (Lipinski definition) is 1. The third-order valence-electron chi connectivity index (χ3n) is 4.50. The molecule has 0 unspecified atom stereocenters. The van der Waals surface area contributed by atoms with Crippen LogP contribution in [0.4, 0.5) is 0 Å². The highest BCUT2D eigenvalue weighted by Gasteiger charge is 2.27. The van der Waals surface area contributed by atoms with Crippen molar-refractivity contribution in [2.24, 2.45) is 0 Å². The van der Waals surface area contributed by atoms with Gasteiger partial charge in [0.1, 0.15) is 0 Å². The maximum Gasteiger partial charge on any atom is 0.338 e. The number of nitrogens with one attached hydrogen (secondary N) is 1. The lowest BCUT2D eigenvalue weighted by Crippen LogP contribution is -2.45. The topological polar surface area (TPSA) is 60.0 Å². The van der Waals surface area contributed by atoms with Gasteiger partial charge in [-0.25, -0.2) is 4.79 Å². The van der Waals surface area contributed by atoms with Crippen LogP contribution >= 0.6 is 0 Å². The molecule has 0 spiro atoms. The Labute approximate surface area is 158 Å². The van der Waals surface area contributed by atoms with Crippen molar-refractivity contribution < 1.29 is 19.0 Å². The monoisotopic (exact) mass is 366 g/mol. The number of ether oxygens (including phenoxy) is 3. The van der Waals surface area contributed by atoms with Gasteiger partial charge in [-0.2, -0.15) is 0 Å². The smallest absolute Gasteiger partial charge is 0.338 e. The van der Waals surface area contributed by atoms with Crippen LogP contribution in [0.25, 0.3) is 0 Å². The number of rotatable bonds is 5. The van der Waals surface area contributed by atoms with Crippen LogP contribution in [-0.2, 0) is 4.74 Å². The fourth-order valence-corrected chi connectivity index (χ4v) is 3.12. The second-order valence-electron chi connectivity index (χ2n) is 6.37. The molecule has 0 aliphatic carbocycles. The zero-order chi connectivity index (χ0) is 18.5. The van der Waals surface area contributed by atoms with Gasteiger partial charge in [0.05, 0.1) is 12.2 Å². The molecule has 4 rings (SSSR count). The Kier molecular flexibility index (Phi) is 5.25. The zero-order valence-corrected chi connectivity index (χ0v) is 15.0. The van der Waals surface area contributed by atoms with Crippen LogP contribution < -0.4 is 14.8 Å². The molecule has 6 nitrogen and oxygen atoms in total. The second kappa shape index (κ2) is 8.14. The van der Waals surface area contributed by atoms with Gasteiger partial charge in [-0.3, -0.25) is 0 Å². The molecule has 27 heavy (non-hydrogen) atoms. The molecule has 2 aromatic rings. The van der Waals surface area contributed by atoms with Gasteiger partial charge >= 0.3 is 5.97 Å². The molecule has 1 saturated heterocycles. The first-order chi connectivity index (χ1) is 13.3. The Bertz CT molecular complexity index is 829. The molecule has 0 amide bonds. The summed E-state index contributed by atoms with van der Waals surface area (Å²) in [5.41, 5.74) is 0.542. The van der Waals surface area contributed by atoms with Gasteiger partial charge in [-0.15, -0.1) is 0 Å². The Balaban J connectivity index is 1.46. The molecule has 0 atom stereocenters. The molecule has 6 heteroatoms. The van der Waals surface area contributed by atoms with Gasteiger partial charge in [0.15, 0.2) is 17.3 Å². The molecule has 0 radical (unpaired) electrons. The number of carbonyl (C=O) groups excluding carboxylic acids is 1. The summed E-state index contributed by atoms with van der Waals surface area (Å²) in [5.74, 6) is 2.45. The number of para-hydroxylation sites is 2. The van der Waals surface area contributed by atoms with E-state index in [4.69, 9.17) is 14.2 Å². The number of nitrogens with zero attached hydrogens (tertiary/aromatic N) is 1. The van der Waals surface area contributed by atoms with Crippen molar-refractivity contribution in [2.45, 2.75) is 6.42 Å². The highest BCUT2D eigenvalue weighted by molar-refractivity contribution is 5.89. The van der Waals surface area contributed by atoms with Crippen molar-refractivity contribution in [1.82, 2.24) is 10.2 Å². The van der Waals surface area contributed by atoms with Crippen LogP contribution in [0.15, 0.2) is 66.2 Å². The van der Waals surface area contributed by atoms with E-state index in [1.54, 1.807) is 12.1 Å². The van der Waals surface area contributed by atoms with E-state index in [2.05, 4.69) is 10.2 Å². The molecule has 0 saturated carbocycles. The van der Waals surface area contributed by atoms with Crippen LogP contribution in [0, 0.1) is 0 Å².